The predicted molar refractivity (Wildman–Crippen MR) is 86.1 cm³/mol. The summed E-state index contributed by atoms with van der Waals surface area (Å²) in [6.45, 7) is 0.920. The molecule has 2 bridgehead atoms. The molecule has 2 amide bonds. The van der Waals surface area contributed by atoms with E-state index in [-0.39, 0.29) is 11.8 Å². The summed E-state index contributed by atoms with van der Waals surface area (Å²) >= 11 is 3.42. The molecule has 1 aromatic carbocycles. The summed E-state index contributed by atoms with van der Waals surface area (Å²) in [5.74, 6) is -1.63. The fourth-order valence-corrected chi connectivity index (χ4v) is 4.66. The van der Waals surface area contributed by atoms with E-state index < -0.39 is 29.8 Å². The third kappa shape index (κ3) is 1.70. The van der Waals surface area contributed by atoms with Crippen molar-refractivity contribution < 1.29 is 23.8 Å². The number of carbonyl (C=O) groups excluding carboxylic acids is 2. The number of hydrogen-bond acceptors (Lipinski definition) is 5. The number of rotatable bonds is 2. The van der Waals surface area contributed by atoms with Gasteiger partial charge in [-0.15, -0.1) is 0 Å². The molecule has 4 aliphatic heterocycles. The van der Waals surface area contributed by atoms with Crippen molar-refractivity contribution >= 4 is 33.4 Å². The zero-order valence-electron chi connectivity index (χ0n) is 12.6. The summed E-state index contributed by atoms with van der Waals surface area (Å²) in [4.78, 5) is 27.4. The van der Waals surface area contributed by atoms with Gasteiger partial charge in [0.05, 0.1) is 36.8 Å². The zero-order valence-corrected chi connectivity index (χ0v) is 14.1. The van der Waals surface area contributed by atoms with Crippen molar-refractivity contribution in [3.63, 3.8) is 0 Å². The molecular formula is C17H14BrNO5. The van der Waals surface area contributed by atoms with Gasteiger partial charge in [-0.05, 0) is 34.1 Å². The van der Waals surface area contributed by atoms with Crippen molar-refractivity contribution in [2.45, 2.75) is 18.0 Å². The predicted octanol–water partition coefficient (Wildman–Crippen LogP) is 1.63. The molecule has 3 fully saturated rings. The molecule has 0 spiro atoms. The largest absolute Gasteiger partial charge is 0.357 e. The molecule has 0 unspecified atom stereocenters. The number of nitrogens with zero attached hydrogens (tertiary/aromatic N) is 1. The van der Waals surface area contributed by atoms with Gasteiger partial charge in [0.1, 0.15) is 0 Å². The van der Waals surface area contributed by atoms with Gasteiger partial charge in [0.2, 0.25) is 11.8 Å². The maximum Gasteiger partial charge on any atom is 0.241 e. The standard InChI is InChI=1S/C17H14BrNO5/c18-9-3-1-2-4-10(9)19-14(20)12-11-5-6-17(24-11,13(12)15(19)21)16-22-7-8-23-16/h1-6,11-13,16H,7-8H2/t11-,12+,13-,17-/m1/s1. The van der Waals surface area contributed by atoms with E-state index in [1.54, 1.807) is 12.1 Å². The number of fused-ring (bicyclic) bond motifs is 5. The second-order valence-corrected chi connectivity index (χ2v) is 7.19. The van der Waals surface area contributed by atoms with E-state index in [4.69, 9.17) is 14.2 Å². The molecule has 0 aliphatic carbocycles. The van der Waals surface area contributed by atoms with Gasteiger partial charge < -0.3 is 14.2 Å². The second-order valence-electron chi connectivity index (χ2n) is 6.34. The number of benzene rings is 1. The van der Waals surface area contributed by atoms with Crippen LogP contribution in [0.5, 0.6) is 0 Å². The number of ether oxygens (including phenoxy) is 3. The first kappa shape index (κ1) is 14.8. The Morgan fingerprint density at radius 1 is 1.12 bits per heavy atom. The molecule has 4 aliphatic rings. The van der Waals surface area contributed by atoms with Gasteiger partial charge in [0.15, 0.2) is 11.9 Å². The maximum atomic E-state index is 13.2. The molecule has 4 atom stereocenters. The first-order valence-corrected chi connectivity index (χ1v) is 8.65. The molecule has 0 N–H and O–H groups in total. The Hall–Kier alpha value is -1.54. The lowest BCUT2D eigenvalue weighted by atomic mass is 9.76. The Labute approximate surface area is 146 Å². The molecule has 0 saturated carbocycles. The van der Waals surface area contributed by atoms with Gasteiger partial charge >= 0.3 is 0 Å². The Balaban J connectivity index is 1.59. The van der Waals surface area contributed by atoms with Gasteiger partial charge in [-0.3, -0.25) is 9.59 Å². The highest BCUT2D eigenvalue weighted by Gasteiger charge is 2.71. The number of anilines is 1. The van der Waals surface area contributed by atoms with Crippen molar-refractivity contribution in [2.75, 3.05) is 18.1 Å². The fraction of sp³-hybridized carbons (Fsp3) is 0.412. The smallest absolute Gasteiger partial charge is 0.241 e. The number of para-hydroxylation sites is 1. The average Bonchev–Trinajstić information content (AvgIpc) is 3.33. The van der Waals surface area contributed by atoms with E-state index in [0.29, 0.717) is 23.4 Å². The van der Waals surface area contributed by atoms with Crippen LogP contribution in [0.15, 0.2) is 40.9 Å². The van der Waals surface area contributed by atoms with E-state index in [1.165, 1.54) is 4.90 Å². The zero-order chi connectivity index (χ0) is 16.5. The van der Waals surface area contributed by atoms with Gasteiger partial charge in [0.25, 0.3) is 0 Å². The van der Waals surface area contributed by atoms with E-state index in [0.717, 1.165) is 0 Å². The van der Waals surface area contributed by atoms with Crippen LogP contribution in [0, 0.1) is 11.8 Å². The minimum atomic E-state index is -1.01. The molecule has 6 nitrogen and oxygen atoms in total. The summed E-state index contributed by atoms with van der Waals surface area (Å²) in [5, 5.41) is 0. The summed E-state index contributed by atoms with van der Waals surface area (Å²) in [6.07, 6.45) is 2.63. The molecule has 7 heteroatoms. The molecule has 1 aromatic rings. The summed E-state index contributed by atoms with van der Waals surface area (Å²) in [6, 6.07) is 7.21. The highest BCUT2D eigenvalue weighted by Crippen LogP contribution is 2.55. The molecule has 4 heterocycles. The first-order valence-electron chi connectivity index (χ1n) is 7.86. The normalized spacial score (nSPS) is 37.7. The Morgan fingerprint density at radius 3 is 2.62 bits per heavy atom. The SMILES string of the molecule is O=C1[C@H]2[C@H]3C=C[C@@](C4OCCO4)(O3)[C@H]2C(=O)N1c1ccccc1Br. The van der Waals surface area contributed by atoms with Crippen LogP contribution in [0.2, 0.25) is 0 Å². The van der Waals surface area contributed by atoms with E-state index in [9.17, 15) is 9.59 Å². The molecule has 0 aromatic heterocycles. The summed E-state index contributed by atoms with van der Waals surface area (Å²) in [5.41, 5.74) is -0.445. The molecule has 3 saturated heterocycles. The van der Waals surface area contributed by atoms with Crippen LogP contribution in [0.1, 0.15) is 0 Å². The van der Waals surface area contributed by atoms with Crippen LogP contribution >= 0.6 is 15.9 Å². The van der Waals surface area contributed by atoms with Gasteiger partial charge in [-0.1, -0.05) is 18.2 Å². The van der Waals surface area contributed by atoms with Crippen molar-refractivity contribution in [1.29, 1.82) is 0 Å². The third-order valence-corrected chi connectivity index (χ3v) is 5.83. The molecule has 24 heavy (non-hydrogen) atoms. The molecular weight excluding hydrogens is 378 g/mol. The van der Waals surface area contributed by atoms with Crippen LogP contribution in [-0.4, -0.2) is 43.0 Å². The second kappa shape index (κ2) is 4.98. The highest BCUT2D eigenvalue weighted by molar-refractivity contribution is 9.10. The van der Waals surface area contributed by atoms with E-state index in [1.807, 2.05) is 24.3 Å². The number of halogens is 1. The van der Waals surface area contributed by atoms with Crippen LogP contribution in [0.25, 0.3) is 0 Å². The van der Waals surface area contributed by atoms with E-state index >= 15 is 0 Å². The summed E-state index contributed by atoms with van der Waals surface area (Å²) < 4.78 is 18.0. The molecule has 124 valence electrons. The number of amides is 2. The molecule has 0 radical (unpaired) electrons. The monoisotopic (exact) mass is 391 g/mol. The number of imide groups is 1. The van der Waals surface area contributed by atoms with Crippen LogP contribution < -0.4 is 4.90 Å². The van der Waals surface area contributed by atoms with Crippen molar-refractivity contribution in [1.82, 2.24) is 0 Å². The number of carbonyl (C=O) groups is 2. The van der Waals surface area contributed by atoms with Crippen molar-refractivity contribution in [3.8, 4) is 0 Å². The van der Waals surface area contributed by atoms with Gasteiger partial charge in [-0.2, -0.15) is 0 Å². The Bertz CT molecular complexity index is 774. The maximum absolute atomic E-state index is 13.2. The lowest BCUT2D eigenvalue weighted by molar-refractivity contribution is -0.180. The van der Waals surface area contributed by atoms with Crippen molar-refractivity contribution in [2.24, 2.45) is 11.8 Å². The Morgan fingerprint density at radius 2 is 1.88 bits per heavy atom. The first-order chi connectivity index (χ1) is 11.6. The minimum Gasteiger partial charge on any atom is -0.357 e. The summed E-state index contributed by atoms with van der Waals surface area (Å²) in [7, 11) is 0. The topological polar surface area (TPSA) is 65.1 Å². The quantitative estimate of drug-likeness (QED) is 0.566. The lowest BCUT2D eigenvalue weighted by Gasteiger charge is -2.32. The average molecular weight is 392 g/mol. The lowest BCUT2D eigenvalue weighted by Crippen LogP contribution is -2.49. The third-order valence-electron chi connectivity index (χ3n) is 5.16. The minimum absolute atomic E-state index is 0.230. The highest BCUT2D eigenvalue weighted by atomic mass is 79.9. The van der Waals surface area contributed by atoms with Crippen LogP contribution in [-0.2, 0) is 23.8 Å². The van der Waals surface area contributed by atoms with Crippen molar-refractivity contribution in [3.05, 3.63) is 40.9 Å². The number of hydrogen-bond donors (Lipinski definition) is 0. The van der Waals surface area contributed by atoms with E-state index in [2.05, 4.69) is 15.9 Å². The Kier molecular flexibility index (Phi) is 3.07. The van der Waals surface area contributed by atoms with Gasteiger partial charge in [-0.25, -0.2) is 4.90 Å². The van der Waals surface area contributed by atoms with Crippen LogP contribution in [0.4, 0.5) is 5.69 Å². The van der Waals surface area contributed by atoms with Gasteiger partial charge in [0, 0.05) is 4.47 Å². The molecule has 5 rings (SSSR count). The van der Waals surface area contributed by atoms with Crippen LogP contribution in [0.3, 0.4) is 0 Å². The fourth-order valence-electron chi connectivity index (χ4n) is 4.20.